The van der Waals surface area contributed by atoms with E-state index in [0.29, 0.717) is 24.6 Å². The summed E-state index contributed by atoms with van der Waals surface area (Å²) in [5, 5.41) is 0.818. The molecule has 1 aromatic carbocycles. The van der Waals surface area contributed by atoms with Crippen LogP contribution in [0.5, 0.6) is 0 Å². The predicted molar refractivity (Wildman–Crippen MR) is 97.2 cm³/mol. The zero-order chi connectivity index (χ0) is 17.2. The summed E-state index contributed by atoms with van der Waals surface area (Å²) < 4.78 is 7.80. The Bertz CT molecular complexity index is 858. The van der Waals surface area contributed by atoms with Crippen LogP contribution < -0.4 is 0 Å². The highest BCUT2D eigenvalue weighted by Crippen LogP contribution is 2.27. The van der Waals surface area contributed by atoms with E-state index >= 15 is 0 Å². The van der Waals surface area contributed by atoms with Crippen LogP contribution in [0.1, 0.15) is 27.0 Å². The SMILES string of the molecule is Cc1nc(-n2cccc2)sc1C(=O)N1CCOC(c2ccccc2)C1. The Morgan fingerprint density at radius 2 is 1.96 bits per heavy atom. The first-order chi connectivity index (χ1) is 12.2. The molecule has 1 saturated heterocycles. The van der Waals surface area contributed by atoms with Crippen LogP contribution in [-0.2, 0) is 4.74 Å². The number of morpholine rings is 1. The highest BCUT2D eigenvalue weighted by molar-refractivity contribution is 7.16. The smallest absolute Gasteiger partial charge is 0.266 e. The van der Waals surface area contributed by atoms with Crippen LogP contribution in [0, 0.1) is 6.92 Å². The highest BCUT2D eigenvalue weighted by atomic mass is 32.1. The topological polar surface area (TPSA) is 47.4 Å². The number of nitrogens with zero attached hydrogens (tertiary/aromatic N) is 3. The minimum atomic E-state index is -0.0731. The maximum Gasteiger partial charge on any atom is 0.266 e. The van der Waals surface area contributed by atoms with Crippen molar-refractivity contribution in [3.05, 3.63) is 71.0 Å². The Kier molecular flexibility index (Phi) is 4.38. The van der Waals surface area contributed by atoms with E-state index in [9.17, 15) is 4.79 Å². The lowest BCUT2D eigenvalue weighted by molar-refractivity contribution is -0.0226. The lowest BCUT2D eigenvalue weighted by Gasteiger charge is -2.33. The van der Waals surface area contributed by atoms with E-state index in [0.717, 1.165) is 16.4 Å². The van der Waals surface area contributed by atoms with E-state index in [2.05, 4.69) is 4.98 Å². The zero-order valence-corrected chi connectivity index (χ0v) is 14.8. The maximum atomic E-state index is 13.0. The van der Waals surface area contributed by atoms with Crippen LogP contribution in [0.4, 0.5) is 0 Å². The number of ether oxygens (including phenoxy) is 1. The number of thiazole rings is 1. The Labute approximate surface area is 150 Å². The third-order valence-electron chi connectivity index (χ3n) is 4.33. The van der Waals surface area contributed by atoms with Gasteiger partial charge in [-0.05, 0) is 24.6 Å². The average molecular weight is 353 g/mol. The van der Waals surface area contributed by atoms with Gasteiger partial charge in [0.05, 0.1) is 18.8 Å². The lowest BCUT2D eigenvalue weighted by Crippen LogP contribution is -2.42. The molecule has 2 aromatic heterocycles. The maximum absolute atomic E-state index is 13.0. The van der Waals surface area contributed by atoms with Gasteiger partial charge in [-0.3, -0.25) is 4.79 Å². The number of rotatable bonds is 3. The van der Waals surface area contributed by atoms with Crippen molar-refractivity contribution in [3.63, 3.8) is 0 Å². The first-order valence-corrected chi connectivity index (χ1v) is 9.10. The second-order valence-corrected chi connectivity index (χ2v) is 7.00. The molecule has 0 N–H and O–H groups in total. The van der Waals surface area contributed by atoms with Gasteiger partial charge in [0.15, 0.2) is 5.13 Å². The quantitative estimate of drug-likeness (QED) is 0.724. The summed E-state index contributed by atoms with van der Waals surface area (Å²) >= 11 is 1.44. The number of carbonyl (C=O) groups is 1. The fraction of sp³-hybridized carbons (Fsp3) is 0.263. The van der Waals surface area contributed by atoms with Gasteiger partial charge in [-0.25, -0.2) is 4.98 Å². The zero-order valence-electron chi connectivity index (χ0n) is 14.0. The molecule has 1 aliphatic rings. The standard InChI is InChI=1S/C19H19N3O2S/c1-14-17(25-19(20-14)21-9-5-6-10-21)18(23)22-11-12-24-16(13-22)15-7-3-2-4-8-15/h2-10,16H,11-13H2,1H3. The first kappa shape index (κ1) is 16.1. The molecule has 25 heavy (non-hydrogen) atoms. The number of benzene rings is 1. The number of hydrogen-bond donors (Lipinski definition) is 0. The molecule has 4 rings (SSSR count). The summed E-state index contributed by atoms with van der Waals surface area (Å²) in [4.78, 5) is 20.1. The summed E-state index contributed by atoms with van der Waals surface area (Å²) in [6.07, 6.45) is 3.80. The molecule has 3 aromatic rings. The van der Waals surface area contributed by atoms with E-state index in [1.165, 1.54) is 11.3 Å². The van der Waals surface area contributed by atoms with Gasteiger partial charge in [-0.2, -0.15) is 0 Å². The summed E-state index contributed by atoms with van der Waals surface area (Å²) in [6.45, 7) is 3.62. The minimum absolute atomic E-state index is 0.0395. The fourth-order valence-corrected chi connectivity index (χ4v) is 4.00. The summed E-state index contributed by atoms with van der Waals surface area (Å²) in [5.74, 6) is 0.0395. The van der Waals surface area contributed by atoms with Crippen molar-refractivity contribution in [3.8, 4) is 5.13 Å². The van der Waals surface area contributed by atoms with Gasteiger partial charge < -0.3 is 14.2 Å². The van der Waals surface area contributed by atoms with Crippen molar-refractivity contribution in [2.24, 2.45) is 0 Å². The van der Waals surface area contributed by atoms with E-state index in [1.807, 2.05) is 71.2 Å². The molecule has 5 nitrogen and oxygen atoms in total. The summed E-state index contributed by atoms with van der Waals surface area (Å²) in [6, 6.07) is 14.0. The van der Waals surface area contributed by atoms with Crippen LogP contribution in [0.25, 0.3) is 5.13 Å². The van der Waals surface area contributed by atoms with Gasteiger partial charge >= 0.3 is 0 Å². The molecule has 3 heterocycles. The minimum Gasteiger partial charge on any atom is -0.370 e. The lowest BCUT2D eigenvalue weighted by atomic mass is 10.1. The number of carbonyl (C=O) groups excluding carboxylic acids is 1. The van der Waals surface area contributed by atoms with Crippen LogP contribution in [0.3, 0.4) is 0 Å². The molecule has 0 spiro atoms. The van der Waals surface area contributed by atoms with Gasteiger partial charge in [0, 0.05) is 18.9 Å². The fourth-order valence-electron chi connectivity index (χ4n) is 3.00. The van der Waals surface area contributed by atoms with Crippen molar-refractivity contribution in [1.82, 2.24) is 14.5 Å². The van der Waals surface area contributed by atoms with Crippen molar-refractivity contribution >= 4 is 17.2 Å². The molecule has 128 valence electrons. The monoisotopic (exact) mass is 353 g/mol. The second kappa shape index (κ2) is 6.82. The second-order valence-electron chi connectivity index (χ2n) is 6.02. The third-order valence-corrected chi connectivity index (χ3v) is 5.49. The first-order valence-electron chi connectivity index (χ1n) is 8.29. The molecule has 1 fully saturated rings. The molecular formula is C19H19N3O2S. The largest absolute Gasteiger partial charge is 0.370 e. The molecule has 0 radical (unpaired) electrons. The Hall–Kier alpha value is -2.44. The molecule has 0 aliphatic carbocycles. The van der Waals surface area contributed by atoms with Crippen molar-refractivity contribution < 1.29 is 9.53 Å². The molecular weight excluding hydrogens is 334 g/mol. The average Bonchev–Trinajstić information content (AvgIpc) is 3.31. The highest BCUT2D eigenvalue weighted by Gasteiger charge is 2.28. The van der Waals surface area contributed by atoms with Gasteiger partial charge in [0.25, 0.3) is 5.91 Å². The normalized spacial score (nSPS) is 17.6. The summed E-state index contributed by atoms with van der Waals surface area (Å²) in [5.41, 5.74) is 1.88. The van der Waals surface area contributed by atoms with E-state index in [-0.39, 0.29) is 12.0 Å². The van der Waals surface area contributed by atoms with Gasteiger partial charge in [-0.15, -0.1) is 0 Å². The van der Waals surface area contributed by atoms with Gasteiger partial charge in [0.1, 0.15) is 11.0 Å². The van der Waals surface area contributed by atoms with Crippen molar-refractivity contribution in [1.29, 1.82) is 0 Å². The van der Waals surface area contributed by atoms with E-state index < -0.39 is 0 Å². The third kappa shape index (κ3) is 3.23. The molecule has 0 saturated carbocycles. The van der Waals surface area contributed by atoms with Crippen molar-refractivity contribution in [2.75, 3.05) is 19.7 Å². The number of aromatic nitrogens is 2. The molecule has 1 aliphatic heterocycles. The van der Waals surface area contributed by atoms with Gasteiger partial charge in [-0.1, -0.05) is 41.7 Å². The van der Waals surface area contributed by atoms with Crippen molar-refractivity contribution in [2.45, 2.75) is 13.0 Å². The molecule has 1 amide bonds. The Morgan fingerprint density at radius 1 is 1.20 bits per heavy atom. The van der Waals surface area contributed by atoms with E-state index in [4.69, 9.17) is 4.74 Å². The van der Waals surface area contributed by atoms with E-state index in [1.54, 1.807) is 0 Å². The molecule has 1 atom stereocenters. The van der Waals surface area contributed by atoms with Crippen LogP contribution in [0.2, 0.25) is 0 Å². The Morgan fingerprint density at radius 3 is 2.72 bits per heavy atom. The molecule has 6 heteroatoms. The molecule has 1 unspecified atom stereocenters. The Balaban J connectivity index is 1.54. The van der Waals surface area contributed by atoms with Crippen LogP contribution in [-0.4, -0.2) is 40.1 Å². The number of hydrogen-bond acceptors (Lipinski definition) is 4. The predicted octanol–water partition coefficient (Wildman–Crippen LogP) is 3.46. The molecule has 0 bridgehead atoms. The van der Waals surface area contributed by atoms with Crippen LogP contribution >= 0.6 is 11.3 Å². The summed E-state index contributed by atoms with van der Waals surface area (Å²) in [7, 11) is 0. The number of amides is 1. The number of aryl methyl sites for hydroxylation is 1. The van der Waals surface area contributed by atoms with Crippen LogP contribution in [0.15, 0.2) is 54.9 Å². The van der Waals surface area contributed by atoms with Gasteiger partial charge in [0.2, 0.25) is 0 Å².